The number of nitrogens with zero attached hydrogens (tertiary/aromatic N) is 1. The summed E-state index contributed by atoms with van der Waals surface area (Å²) in [5.74, 6) is 1.63. The first-order chi connectivity index (χ1) is 15.7. The lowest BCUT2D eigenvalue weighted by atomic mass is 10.0. The summed E-state index contributed by atoms with van der Waals surface area (Å²) < 4.78 is 11.0. The van der Waals surface area contributed by atoms with Crippen LogP contribution in [0.15, 0.2) is 72.8 Å². The Labute approximate surface area is 190 Å². The number of carbonyl (C=O) groups excluding carboxylic acids is 1. The van der Waals surface area contributed by atoms with E-state index in [0.717, 1.165) is 54.1 Å². The number of carbonyl (C=O) groups is 1. The zero-order valence-corrected chi connectivity index (χ0v) is 18.7. The van der Waals surface area contributed by atoms with Gasteiger partial charge in [-0.3, -0.25) is 9.69 Å². The molecule has 0 radical (unpaired) electrons. The molecule has 166 valence electrons. The number of amides is 1. The van der Waals surface area contributed by atoms with Crippen molar-refractivity contribution in [1.29, 1.82) is 0 Å². The number of hydrogen-bond acceptors (Lipinski definition) is 4. The van der Waals surface area contributed by atoms with Gasteiger partial charge in [-0.2, -0.15) is 0 Å². The van der Waals surface area contributed by atoms with Gasteiger partial charge in [0.25, 0.3) is 0 Å². The van der Waals surface area contributed by atoms with Gasteiger partial charge < -0.3 is 14.8 Å². The largest absolute Gasteiger partial charge is 0.497 e. The summed E-state index contributed by atoms with van der Waals surface area (Å²) in [5.41, 5.74) is 4.27. The molecule has 0 bridgehead atoms. The standard InChI is InChI=1S/C27H30N2O3/c1-31-22-14-15-26(32-2)23(18-22)25-13-8-16-29(25)19-27(30)28-24-12-7-6-11-21(24)17-20-9-4-3-5-10-20/h3-7,9-12,14-15,18,25H,8,13,16-17,19H2,1-2H3,(H,28,30). The van der Waals surface area contributed by atoms with Crippen LogP contribution < -0.4 is 14.8 Å². The Morgan fingerprint density at radius 1 is 1.00 bits per heavy atom. The molecule has 1 saturated heterocycles. The number of benzene rings is 3. The molecule has 4 rings (SSSR count). The fraction of sp³-hybridized carbons (Fsp3) is 0.296. The Kier molecular flexibility index (Phi) is 7.07. The number of ether oxygens (including phenoxy) is 2. The Morgan fingerprint density at radius 2 is 1.78 bits per heavy atom. The summed E-state index contributed by atoms with van der Waals surface area (Å²) in [5, 5.41) is 3.14. The first-order valence-electron chi connectivity index (χ1n) is 11.1. The number of rotatable bonds is 8. The molecule has 1 atom stereocenters. The van der Waals surface area contributed by atoms with E-state index in [1.54, 1.807) is 14.2 Å². The molecule has 1 aliphatic heterocycles. The summed E-state index contributed by atoms with van der Waals surface area (Å²) in [6, 6.07) is 24.3. The third kappa shape index (κ3) is 5.11. The average molecular weight is 431 g/mol. The van der Waals surface area contributed by atoms with Crippen LogP contribution in [-0.2, 0) is 11.2 Å². The number of anilines is 1. The monoisotopic (exact) mass is 430 g/mol. The molecule has 1 heterocycles. The third-order valence-electron chi connectivity index (χ3n) is 6.04. The van der Waals surface area contributed by atoms with Gasteiger partial charge in [0.1, 0.15) is 11.5 Å². The van der Waals surface area contributed by atoms with Gasteiger partial charge in [-0.1, -0.05) is 48.5 Å². The summed E-state index contributed by atoms with van der Waals surface area (Å²) in [4.78, 5) is 15.2. The van der Waals surface area contributed by atoms with Crippen LogP contribution >= 0.6 is 0 Å². The van der Waals surface area contributed by atoms with Crippen molar-refractivity contribution in [3.05, 3.63) is 89.5 Å². The van der Waals surface area contributed by atoms with Gasteiger partial charge in [0.2, 0.25) is 5.91 Å². The lowest BCUT2D eigenvalue weighted by Crippen LogP contribution is -2.33. The lowest BCUT2D eigenvalue weighted by Gasteiger charge is -2.26. The van der Waals surface area contributed by atoms with Crippen LogP contribution in [0.1, 0.15) is 35.6 Å². The molecule has 32 heavy (non-hydrogen) atoms. The van der Waals surface area contributed by atoms with Crippen LogP contribution in [0.4, 0.5) is 5.69 Å². The topological polar surface area (TPSA) is 50.8 Å². The maximum Gasteiger partial charge on any atom is 0.238 e. The molecule has 1 aliphatic rings. The van der Waals surface area contributed by atoms with Gasteiger partial charge in [-0.05, 0) is 61.2 Å². The number of methoxy groups -OCH3 is 2. The highest BCUT2D eigenvalue weighted by Gasteiger charge is 2.30. The van der Waals surface area contributed by atoms with E-state index in [2.05, 4.69) is 28.4 Å². The van der Waals surface area contributed by atoms with Crippen molar-refractivity contribution in [3.8, 4) is 11.5 Å². The normalized spacial score (nSPS) is 16.0. The predicted octanol–water partition coefficient (Wildman–Crippen LogP) is 5.07. The molecule has 1 amide bonds. The van der Waals surface area contributed by atoms with Gasteiger partial charge in [-0.15, -0.1) is 0 Å². The molecule has 3 aromatic rings. The van der Waals surface area contributed by atoms with E-state index in [9.17, 15) is 4.79 Å². The molecule has 0 aromatic heterocycles. The minimum atomic E-state index is -0.000672. The average Bonchev–Trinajstić information content (AvgIpc) is 3.28. The predicted molar refractivity (Wildman–Crippen MR) is 127 cm³/mol. The van der Waals surface area contributed by atoms with Crippen molar-refractivity contribution in [1.82, 2.24) is 4.90 Å². The summed E-state index contributed by atoms with van der Waals surface area (Å²) in [6.45, 7) is 1.22. The smallest absolute Gasteiger partial charge is 0.238 e. The van der Waals surface area contributed by atoms with Gasteiger partial charge in [-0.25, -0.2) is 0 Å². The van der Waals surface area contributed by atoms with Gasteiger partial charge >= 0.3 is 0 Å². The Hall–Kier alpha value is -3.31. The fourth-order valence-electron chi connectivity index (χ4n) is 4.45. The van der Waals surface area contributed by atoms with Crippen LogP contribution in [0, 0.1) is 0 Å². The van der Waals surface area contributed by atoms with Crippen molar-refractivity contribution in [2.24, 2.45) is 0 Å². The maximum absolute atomic E-state index is 13.0. The van der Waals surface area contributed by atoms with E-state index in [4.69, 9.17) is 9.47 Å². The fourth-order valence-corrected chi connectivity index (χ4v) is 4.45. The number of likely N-dealkylation sites (tertiary alicyclic amines) is 1. The van der Waals surface area contributed by atoms with Crippen molar-refractivity contribution in [2.75, 3.05) is 32.6 Å². The van der Waals surface area contributed by atoms with Crippen LogP contribution in [0.25, 0.3) is 0 Å². The van der Waals surface area contributed by atoms with Crippen molar-refractivity contribution < 1.29 is 14.3 Å². The summed E-state index contributed by atoms with van der Waals surface area (Å²) in [7, 11) is 3.35. The molecule has 5 nitrogen and oxygen atoms in total. The molecule has 0 aliphatic carbocycles. The number of nitrogens with one attached hydrogen (secondary N) is 1. The first-order valence-corrected chi connectivity index (χ1v) is 11.1. The molecule has 0 saturated carbocycles. The number of para-hydroxylation sites is 1. The van der Waals surface area contributed by atoms with Crippen molar-refractivity contribution in [2.45, 2.75) is 25.3 Å². The minimum absolute atomic E-state index is 0.000672. The maximum atomic E-state index is 13.0. The quantitative estimate of drug-likeness (QED) is 0.542. The highest BCUT2D eigenvalue weighted by atomic mass is 16.5. The van der Waals surface area contributed by atoms with Crippen LogP contribution in [-0.4, -0.2) is 38.1 Å². The van der Waals surface area contributed by atoms with Crippen molar-refractivity contribution >= 4 is 11.6 Å². The van der Waals surface area contributed by atoms with Crippen molar-refractivity contribution in [3.63, 3.8) is 0 Å². The zero-order valence-electron chi connectivity index (χ0n) is 18.7. The molecule has 0 spiro atoms. The molecule has 5 heteroatoms. The second kappa shape index (κ2) is 10.3. The summed E-state index contributed by atoms with van der Waals surface area (Å²) in [6.07, 6.45) is 2.81. The van der Waals surface area contributed by atoms with E-state index < -0.39 is 0 Å². The van der Waals surface area contributed by atoms with Crippen LogP contribution in [0.2, 0.25) is 0 Å². The Morgan fingerprint density at radius 3 is 2.56 bits per heavy atom. The molecule has 1 fully saturated rings. The van der Waals surface area contributed by atoms with Crippen LogP contribution in [0.3, 0.4) is 0 Å². The SMILES string of the molecule is COc1ccc(OC)c(C2CCCN2CC(=O)Nc2ccccc2Cc2ccccc2)c1. The van der Waals surface area contributed by atoms with E-state index in [0.29, 0.717) is 6.54 Å². The van der Waals surface area contributed by atoms with Gasteiger partial charge in [0.15, 0.2) is 0 Å². The zero-order chi connectivity index (χ0) is 22.3. The first kappa shape index (κ1) is 21.9. The Bertz CT molecular complexity index is 1050. The molecule has 3 aromatic carbocycles. The number of hydrogen-bond donors (Lipinski definition) is 1. The molecular formula is C27H30N2O3. The van der Waals surface area contributed by atoms with E-state index in [-0.39, 0.29) is 11.9 Å². The second-order valence-corrected chi connectivity index (χ2v) is 8.10. The second-order valence-electron chi connectivity index (χ2n) is 8.10. The van der Waals surface area contributed by atoms with Gasteiger partial charge in [0.05, 0.1) is 20.8 Å². The van der Waals surface area contributed by atoms with Gasteiger partial charge in [0, 0.05) is 17.3 Å². The Balaban J connectivity index is 1.47. The van der Waals surface area contributed by atoms with Crippen LogP contribution in [0.5, 0.6) is 11.5 Å². The highest BCUT2D eigenvalue weighted by molar-refractivity contribution is 5.93. The molecule has 1 unspecified atom stereocenters. The molecular weight excluding hydrogens is 400 g/mol. The minimum Gasteiger partial charge on any atom is -0.497 e. The highest BCUT2D eigenvalue weighted by Crippen LogP contribution is 2.38. The van der Waals surface area contributed by atoms with E-state index in [1.165, 1.54) is 5.56 Å². The molecule has 1 N–H and O–H groups in total. The van der Waals surface area contributed by atoms with E-state index >= 15 is 0 Å². The summed E-state index contributed by atoms with van der Waals surface area (Å²) >= 11 is 0. The third-order valence-corrected chi connectivity index (χ3v) is 6.04. The van der Waals surface area contributed by atoms with E-state index in [1.807, 2.05) is 54.6 Å². The lowest BCUT2D eigenvalue weighted by molar-refractivity contribution is -0.117.